The first-order chi connectivity index (χ1) is 8.87. The van der Waals surface area contributed by atoms with Crippen LogP contribution in [0.5, 0.6) is 0 Å². The molecule has 0 amide bonds. The van der Waals surface area contributed by atoms with E-state index in [4.69, 9.17) is 5.73 Å². The second-order valence-electron chi connectivity index (χ2n) is 4.88. The summed E-state index contributed by atoms with van der Waals surface area (Å²) < 4.78 is 51.3. The van der Waals surface area contributed by atoms with Crippen LogP contribution in [0.15, 0.2) is 18.2 Å². The monoisotopic (exact) mass is 276 g/mol. The first-order valence-electron chi connectivity index (χ1n) is 6.21. The van der Waals surface area contributed by atoms with Crippen molar-refractivity contribution in [2.75, 3.05) is 13.1 Å². The molecule has 2 nitrogen and oxygen atoms in total. The summed E-state index contributed by atoms with van der Waals surface area (Å²) in [6, 6.07) is 2.74. The largest absolute Gasteiger partial charge is 0.416 e. The van der Waals surface area contributed by atoms with Gasteiger partial charge in [-0.3, -0.25) is 0 Å². The van der Waals surface area contributed by atoms with E-state index < -0.39 is 23.1 Å². The van der Waals surface area contributed by atoms with Crippen LogP contribution in [-0.2, 0) is 11.7 Å². The molecular weight excluding hydrogens is 260 g/mol. The van der Waals surface area contributed by atoms with Crippen LogP contribution in [0.1, 0.15) is 30.4 Å². The Balaban J connectivity index is 2.23. The minimum absolute atomic E-state index is 0.372. The Morgan fingerprint density at radius 3 is 2.42 bits per heavy atom. The zero-order valence-corrected chi connectivity index (χ0v) is 10.4. The van der Waals surface area contributed by atoms with E-state index in [1.807, 2.05) is 0 Å². The fraction of sp³-hybridized carbons (Fsp3) is 0.538. The molecule has 1 aliphatic rings. The van der Waals surface area contributed by atoms with Crippen LogP contribution in [0.2, 0.25) is 0 Å². The average Bonchev–Trinajstić information content (AvgIpc) is 3.09. The van der Waals surface area contributed by atoms with E-state index in [-0.39, 0.29) is 0 Å². The molecule has 1 fully saturated rings. The second-order valence-corrected chi connectivity index (χ2v) is 4.88. The highest BCUT2D eigenvalue weighted by Crippen LogP contribution is 2.46. The maximum atomic E-state index is 13.4. The zero-order chi connectivity index (χ0) is 14.1. The molecule has 6 heteroatoms. The van der Waals surface area contributed by atoms with Crippen molar-refractivity contribution in [2.24, 2.45) is 5.73 Å². The first kappa shape index (κ1) is 14.3. The number of halogens is 4. The van der Waals surface area contributed by atoms with Crippen molar-refractivity contribution < 1.29 is 17.6 Å². The lowest BCUT2D eigenvalue weighted by molar-refractivity contribution is -0.137. The number of rotatable bonds is 5. The van der Waals surface area contributed by atoms with Gasteiger partial charge in [0.25, 0.3) is 0 Å². The van der Waals surface area contributed by atoms with Crippen LogP contribution in [-0.4, -0.2) is 13.1 Å². The van der Waals surface area contributed by atoms with E-state index in [0.29, 0.717) is 24.7 Å². The molecule has 0 bridgehead atoms. The maximum Gasteiger partial charge on any atom is 0.416 e. The lowest BCUT2D eigenvalue weighted by Gasteiger charge is -2.19. The summed E-state index contributed by atoms with van der Waals surface area (Å²) >= 11 is 0. The summed E-state index contributed by atoms with van der Waals surface area (Å²) in [5, 5.41) is 3.18. The van der Waals surface area contributed by atoms with Crippen molar-refractivity contribution in [2.45, 2.75) is 31.0 Å². The van der Waals surface area contributed by atoms with Crippen molar-refractivity contribution in [1.29, 1.82) is 0 Å². The molecule has 106 valence electrons. The van der Waals surface area contributed by atoms with Gasteiger partial charge in [-0.15, -0.1) is 0 Å². The molecule has 2 rings (SSSR count). The third-order valence-corrected chi connectivity index (χ3v) is 3.37. The van der Waals surface area contributed by atoms with Gasteiger partial charge in [0.05, 0.1) is 5.56 Å². The lowest BCUT2D eigenvalue weighted by atomic mass is 10.0. The van der Waals surface area contributed by atoms with E-state index in [1.54, 1.807) is 0 Å². The van der Waals surface area contributed by atoms with Gasteiger partial charge in [0.2, 0.25) is 0 Å². The number of nitrogens with one attached hydrogen (secondary N) is 1. The summed E-state index contributed by atoms with van der Waals surface area (Å²) in [6.45, 7) is 1.13. The SMILES string of the molecule is NCCCNC1(c2cc(F)cc(C(F)(F)F)c2)CC1. The van der Waals surface area contributed by atoms with Gasteiger partial charge in [0, 0.05) is 5.54 Å². The minimum Gasteiger partial charge on any atom is -0.330 e. The predicted molar refractivity (Wildman–Crippen MR) is 64.0 cm³/mol. The number of hydrogen-bond acceptors (Lipinski definition) is 2. The molecule has 1 saturated carbocycles. The Labute approximate surface area is 109 Å². The van der Waals surface area contributed by atoms with Gasteiger partial charge >= 0.3 is 6.18 Å². The Bertz CT molecular complexity index is 452. The first-order valence-corrected chi connectivity index (χ1v) is 6.21. The summed E-state index contributed by atoms with van der Waals surface area (Å²) in [5.74, 6) is -0.850. The smallest absolute Gasteiger partial charge is 0.330 e. The third-order valence-electron chi connectivity index (χ3n) is 3.37. The summed E-state index contributed by atoms with van der Waals surface area (Å²) in [7, 11) is 0. The van der Waals surface area contributed by atoms with E-state index in [1.165, 1.54) is 6.07 Å². The van der Waals surface area contributed by atoms with Crippen molar-refractivity contribution in [3.05, 3.63) is 35.1 Å². The molecule has 0 atom stereocenters. The van der Waals surface area contributed by atoms with E-state index >= 15 is 0 Å². The molecule has 1 aromatic carbocycles. The Morgan fingerprint density at radius 2 is 1.89 bits per heavy atom. The molecule has 0 heterocycles. The van der Waals surface area contributed by atoms with Crippen LogP contribution in [0.25, 0.3) is 0 Å². The number of nitrogens with two attached hydrogens (primary N) is 1. The highest BCUT2D eigenvalue weighted by molar-refractivity contribution is 5.35. The molecule has 19 heavy (non-hydrogen) atoms. The Morgan fingerprint density at radius 1 is 1.21 bits per heavy atom. The van der Waals surface area contributed by atoms with Gasteiger partial charge in [-0.2, -0.15) is 13.2 Å². The Hall–Kier alpha value is -1.14. The van der Waals surface area contributed by atoms with Gasteiger partial charge in [0.1, 0.15) is 5.82 Å². The summed E-state index contributed by atoms with van der Waals surface area (Å²) in [4.78, 5) is 0. The van der Waals surface area contributed by atoms with Gasteiger partial charge in [-0.25, -0.2) is 4.39 Å². The van der Waals surface area contributed by atoms with E-state index in [0.717, 1.165) is 25.3 Å². The molecule has 0 radical (unpaired) electrons. The lowest BCUT2D eigenvalue weighted by Crippen LogP contribution is -2.31. The predicted octanol–water partition coefficient (Wildman–Crippen LogP) is 2.77. The fourth-order valence-electron chi connectivity index (χ4n) is 2.15. The number of hydrogen-bond donors (Lipinski definition) is 2. The van der Waals surface area contributed by atoms with Crippen LogP contribution >= 0.6 is 0 Å². The molecule has 0 spiro atoms. The summed E-state index contributed by atoms with van der Waals surface area (Å²) in [5.41, 5.74) is 4.31. The molecule has 0 aromatic heterocycles. The molecule has 0 unspecified atom stereocenters. The third kappa shape index (κ3) is 3.25. The molecule has 1 aliphatic carbocycles. The molecule has 0 saturated heterocycles. The van der Waals surface area contributed by atoms with Gasteiger partial charge in [0.15, 0.2) is 0 Å². The Kier molecular flexibility index (Phi) is 3.82. The maximum absolute atomic E-state index is 13.4. The topological polar surface area (TPSA) is 38.0 Å². The van der Waals surface area contributed by atoms with Crippen molar-refractivity contribution in [1.82, 2.24) is 5.32 Å². The van der Waals surface area contributed by atoms with Crippen molar-refractivity contribution in [3.63, 3.8) is 0 Å². The summed E-state index contributed by atoms with van der Waals surface area (Å²) in [6.07, 6.45) is -2.34. The average molecular weight is 276 g/mol. The molecule has 0 aliphatic heterocycles. The van der Waals surface area contributed by atoms with Crippen molar-refractivity contribution >= 4 is 0 Å². The normalized spacial score (nSPS) is 17.5. The molecular formula is C13H16F4N2. The second kappa shape index (κ2) is 5.09. The molecule has 3 N–H and O–H groups in total. The van der Waals surface area contributed by atoms with Crippen LogP contribution in [0, 0.1) is 5.82 Å². The van der Waals surface area contributed by atoms with Gasteiger partial charge < -0.3 is 11.1 Å². The highest BCUT2D eigenvalue weighted by Gasteiger charge is 2.45. The van der Waals surface area contributed by atoms with E-state index in [2.05, 4.69) is 5.32 Å². The minimum atomic E-state index is -4.52. The quantitative estimate of drug-likeness (QED) is 0.641. The van der Waals surface area contributed by atoms with Crippen molar-refractivity contribution in [3.8, 4) is 0 Å². The van der Waals surface area contributed by atoms with Gasteiger partial charge in [-0.1, -0.05) is 0 Å². The zero-order valence-electron chi connectivity index (χ0n) is 10.4. The van der Waals surface area contributed by atoms with E-state index in [9.17, 15) is 17.6 Å². The fourth-order valence-corrected chi connectivity index (χ4v) is 2.15. The van der Waals surface area contributed by atoms with Gasteiger partial charge in [-0.05, 0) is 56.1 Å². The number of alkyl halides is 3. The van der Waals surface area contributed by atoms with Crippen LogP contribution in [0.4, 0.5) is 17.6 Å². The van der Waals surface area contributed by atoms with Crippen LogP contribution < -0.4 is 11.1 Å². The van der Waals surface area contributed by atoms with Crippen LogP contribution in [0.3, 0.4) is 0 Å². The highest BCUT2D eigenvalue weighted by atomic mass is 19.4. The standard InChI is InChI=1S/C13H16F4N2/c14-11-7-9(6-10(8-11)13(15,16)17)12(2-3-12)19-5-1-4-18/h6-8,19H,1-5,18H2. The number of benzene rings is 1. The molecule has 1 aromatic rings.